The minimum Gasteiger partial charge on any atom is -0.395 e. The molecule has 0 radical (unpaired) electrons. The molecule has 1 aromatic carbocycles. The summed E-state index contributed by atoms with van der Waals surface area (Å²) in [7, 11) is -2.60. The highest BCUT2D eigenvalue weighted by Gasteiger charge is 2.31. The van der Waals surface area contributed by atoms with E-state index in [4.69, 9.17) is 28.3 Å². The lowest BCUT2D eigenvalue weighted by Crippen LogP contribution is -2.37. The van der Waals surface area contributed by atoms with Crippen LogP contribution in [0.3, 0.4) is 0 Å². The molecule has 0 bridgehead atoms. The zero-order valence-corrected chi connectivity index (χ0v) is 13.7. The third kappa shape index (κ3) is 2.86. The summed E-state index contributed by atoms with van der Waals surface area (Å²) in [5, 5.41) is 9.49. The summed E-state index contributed by atoms with van der Waals surface area (Å²) in [6, 6.07) is 6.27. The van der Waals surface area contributed by atoms with Gasteiger partial charge in [0.15, 0.2) is 5.15 Å². The van der Waals surface area contributed by atoms with Gasteiger partial charge in [-0.1, -0.05) is 41.4 Å². The molecule has 0 aliphatic carbocycles. The molecule has 8 heteroatoms. The van der Waals surface area contributed by atoms with Crippen LogP contribution >= 0.6 is 23.2 Å². The van der Waals surface area contributed by atoms with Crippen LogP contribution in [0.1, 0.15) is 6.92 Å². The summed E-state index contributed by atoms with van der Waals surface area (Å²) < 4.78 is 26.3. The number of hydrogen-bond donors (Lipinski definition) is 1. The van der Waals surface area contributed by atoms with Gasteiger partial charge < -0.3 is 5.11 Å². The fraction of sp³-hybridized carbons (Fsp3) is 0.308. The van der Waals surface area contributed by atoms with Gasteiger partial charge in [-0.05, 0) is 13.0 Å². The number of nitrogens with zero attached hydrogens (tertiary/aromatic N) is 2. The molecule has 21 heavy (non-hydrogen) atoms. The van der Waals surface area contributed by atoms with Gasteiger partial charge in [0.2, 0.25) is 10.0 Å². The number of para-hydroxylation sites is 1. The molecule has 0 amide bonds. The highest BCUT2D eigenvalue weighted by molar-refractivity contribution is 7.89. The van der Waals surface area contributed by atoms with Crippen molar-refractivity contribution in [2.45, 2.75) is 17.9 Å². The molecule has 5 nitrogen and oxygen atoms in total. The molecule has 0 saturated carbocycles. The number of aliphatic hydroxyl groups excluding tert-OH is 1. The largest absolute Gasteiger partial charge is 0.395 e. The van der Waals surface area contributed by atoms with Crippen molar-refractivity contribution in [2.24, 2.45) is 0 Å². The Morgan fingerprint density at radius 2 is 1.95 bits per heavy atom. The zero-order chi connectivity index (χ0) is 15.8. The van der Waals surface area contributed by atoms with Crippen LogP contribution in [-0.2, 0) is 10.0 Å². The van der Waals surface area contributed by atoms with E-state index in [0.717, 1.165) is 4.31 Å². The Bertz CT molecular complexity index is 780. The summed E-state index contributed by atoms with van der Waals surface area (Å²) >= 11 is 12.3. The number of pyridine rings is 1. The van der Waals surface area contributed by atoms with Crippen molar-refractivity contribution in [3.05, 3.63) is 34.4 Å². The molecule has 0 saturated heterocycles. The van der Waals surface area contributed by atoms with Gasteiger partial charge in [-0.3, -0.25) is 0 Å². The van der Waals surface area contributed by atoms with Crippen molar-refractivity contribution in [3.8, 4) is 0 Å². The van der Waals surface area contributed by atoms with E-state index < -0.39 is 16.1 Å². The minimum atomic E-state index is -3.96. The second kappa shape index (κ2) is 6.06. The van der Waals surface area contributed by atoms with E-state index in [-0.39, 0.29) is 21.7 Å². The molecule has 2 rings (SSSR count). The van der Waals surface area contributed by atoms with Gasteiger partial charge in [0.25, 0.3) is 0 Å². The number of likely N-dealkylation sites (N-methyl/N-ethyl adjacent to an activating group) is 1. The summed E-state index contributed by atoms with van der Waals surface area (Å²) in [6.07, 6.45) is 0. The van der Waals surface area contributed by atoms with Gasteiger partial charge in [0, 0.05) is 18.5 Å². The van der Waals surface area contributed by atoms with E-state index in [1.165, 1.54) is 7.05 Å². The van der Waals surface area contributed by atoms with Crippen LogP contribution in [0.5, 0.6) is 0 Å². The third-order valence-corrected chi connectivity index (χ3v) is 6.19. The summed E-state index contributed by atoms with van der Waals surface area (Å²) in [5.74, 6) is 0. The SMILES string of the molecule is C[C@H](CO)N(C)S(=O)(=O)c1c(Cl)nc2ccccc2c1Cl. The normalized spacial score (nSPS) is 13.8. The average Bonchev–Trinajstić information content (AvgIpc) is 2.45. The van der Waals surface area contributed by atoms with Crippen molar-refractivity contribution in [1.82, 2.24) is 9.29 Å². The zero-order valence-electron chi connectivity index (χ0n) is 11.4. The molecular formula is C13H14Cl2N2O3S. The first kappa shape index (κ1) is 16.5. The van der Waals surface area contributed by atoms with E-state index in [2.05, 4.69) is 4.98 Å². The molecule has 0 aliphatic rings. The second-order valence-corrected chi connectivity index (χ2v) is 7.29. The van der Waals surface area contributed by atoms with Crippen molar-refractivity contribution in [3.63, 3.8) is 0 Å². The Hall–Kier alpha value is -0.920. The second-order valence-electron chi connectivity index (χ2n) is 4.62. The van der Waals surface area contributed by atoms with Gasteiger partial charge >= 0.3 is 0 Å². The maximum atomic E-state index is 12.6. The summed E-state index contributed by atoms with van der Waals surface area (Å²) in [4.78, 5) is 3.84. The van der Waals surface area contributed by atoms with Crippen LogP contribution in [0.2, 0.25) is 10.2 Å². The summed E-state index contributed by atoms with van der Waals surface area (Å²) in [6.45, 7) is 1.26. The highest BCUT2D eigenvalue weighted by Crippen LogP contribution is 2.35. The predicted octanol–water partition coefficient (Wildman–Crippen LogP) is 2.54. The third-order valence-electron chi connectivity index (χ3n) is 3.27. The first-order chi connectivity index (χ1) is 9.80. The predicted molar refractivity (Wildman–Crippen MR) is 83.3 cm³/mol. The number of sulfonamides is 1. The number of rotatable bonds is 4. The Labute approximate surface area is 133 Å². The standard InChI is InChI=1S/C13H14Cl2N2O3S/c1-8(7-18)17(2)21(19,20)12-11(14)9-5-3-4-6-10(9)16-13(12)15/h3-6,8,18H,7H2,1-2H3/t8-/m1/s1. The van der Waals surface area contributed by atoms with Gasteiger partial charge in [0.1, 0.15) is 4.90 Å². The molecule has 0 spiro atoms. The molecule has 114 valence electrons. The number of benzene rings is 1. The molecule has 1 N–H and O–H groups in total. The lowest BCUT2D eigenvalue weighted by atomic mass is 10.2. The van der Waals surface area contributed by atoms with E-state index in [1.807, 2.05) is 0 Å². The van der Waals surface area contributed by atoms with Crippen molar-refractivity contribution in [1.29, 1.82) is 0 Å². The monoisotopic (exact) mass is 348 g/mol. The van der Waals surface area contributed by atoms with Crippen LogP contribution in [0.25, 0.3) is 10.9 Å². The molecule has 0 aliphatic heterocycles. The lowest BCUT2D eigenvalue weighted by molar-refractivity contribution is 0.214. The molecule has 1 heterocycles. The topological polar surface area (TPSA) is 70.5 Å². The molecule has 2 aromatic rings. The molecule has 0 fully saturated rings. The van der Waals surface area contributed by atoms with Crippen molar-refractivity contribution >= 4 is 44.1 Å². The maximum absolute atomic E-state index is 12.6. The average molecular weight is 349 g/mol. The number of aromatic nitrogens is 1. The maximum Gasteiger partial charge on any atom is 0.247 e. The quantitative estimate of drug-likeness (QED) is 0.862. The Balaban J connectivity index is 2.72. The van der Waals surface area contributed by atoms with Crippen LogP contribution in [0.15, 0.2) is 29.2 Å². The smallest absolute Gasteiger partial charge is 0.247 e. The Morgan fingerprint density at radius 3 is 2.57 bits per heavy atom. The number of aliphatic hydroxyl groups is 1. The van der Waals surface area contributed by atoms with Gasteiger partial charge in [0.05, 0.1) is 17.1 Å². The summed E-state index contributed by atoms with van der Waals surface area (Å²) in [5.41, 5.74) is 0.518. The fourth-order valence-electron chi connectivity index (χ4n) is 1.84. The van der Waals surface area contributed by atoms with Crippen LogP contribution < -0.4 is 0 Å². The van der Waals surface area contributed by atoms with Gasteiger partial charge in [-0.15, -0.1) is 0 Å². The Kier molecular flexibility index (Phi) is 4.75. The van der Waals surface area contributed by atoms with Crippen LogP contribution in [0, 0.1) is 0 Å². The van der Waals surface area contributed by atoms with Gasteiger partial charge in [-0.2, -0.15) is 4.31 Å². The van der Waals surface area contributed by atoms with E-state index >= 15 is 0 Å². The number of fused-ring (bicyclic) bond motifs is 1. The van der Waals surface area contributed by atoms with Crippen molar-refractivity contribution in [2.75, 3.05) is 13.7 Å². The van der Waals surface area contributed by atoms with Crippen molar-refractivity contribution < 1.29 is 13.5 Å². The first-order valence-electron chi connectivity index (χ1n) is 6.13. The molecule has 0 unspecified atom stereocenters. The fourth-order valence-corrected chi connectivity index (χ4v) is 4.33. The minimum absolute atomic E-state index is 0.0302. The van der Waals surface area contributed by atoms with Gasteiger partial charge in [-0.25, -0.2) is 13.4 Å². The van der Waals surface area contributed by atoms with E-state index in [9.17, 15) is 8.42 Å². The first-order valence-corrected chi connectivity index (χ1v) is 8.33. The number of halogens is 2. The molecule has 1 aromatic heterocycles. The lowest BCUT2D eigenvalue weighted by Gasteiger charge is -2.23. The number of hydrogen-bond acceptors (Lipinski definition) is 4. The van der Waals surface area contributed by atoms with E-state index in [0.29, 0.717) is 10.9 Å². The van der Waals surface area contributed by atoms with Crippen LogP contribution in [0.4, 0.5) is 0 Å². The van der Waals surface area contributed by atoms with E-state index in [1.54, 1.807) is 31.2 Å². The molecule has 1 atom stereocenters. The molecular weight excluding hydrogens is 335 g/mol. The Morgan fingerprint density at radius 1 is 1.33 bits per heavy atom. The van der Waals surface area contributed by atoms with Crippen LogP contribution in [-0.4, -0.2) is 42.5 Å². The highest BCUT2D eigenvalue weighted by atomic mass is 35.5.